The molecule has 0 aliphatic heterocycles. The van der Waals surface area contributed by atoms with Gasteiger partial charge in [-0.25, -0.2) is 4.98 Å². The maximum Gasteiger partial charge on any atom is 0.0798 e. The molecule has 1 unspecified atom stereocenters. The van der Waals surface area contributed by atoms with E-state index in [0.717, 1.165) is 18.7 Å². The van der Waals surface area contributed by atoms with Crippen LogP contribution in [-0.4, -0.2) is 42.2 Å². The maximum absolute atomic E-state index is 5.89. The first-order valence-corrected chi connectivity index (χ1v) is 7.12. The fourth-order valence-electron chi connectivity index (χ4n) is 1.90. The zero-order valence-electron chi connectivity index (χ0n) is 12.1. The van der Waals surface area contributed by atoms with E-state index in [-0.39, 0.29) is 5.60 Å². The molecule has 0 saturated carbocycles. The van der Waals surface area contributed by atoms with Crippen LogP contribution in [0.15, 0.2) is 5.51 Å². The Morgan fingerprint density at radius 3 is 2.67 bits per heavy atom. The normalized spacial score (nSPS) is 14.2. The van der Waals surface area contributed by atoms with Crippen molar-refractivity contribution in [1.29, 1.82) is 0 Å². The average molecular weight is 271 g/mol. The van der Waals surface area contributed by atoms with E-state index in [9.17, 15) is 0 Å². The van der Waals surface area contributed by atoms with Crippen molar-refractivity contribution in [3.05, 3.63) is 16.1 Å². The summed E-state index contributed by atoms with van der Waals surface area (Å²) in [5, 5.41) is 0. The van der Waals surface area contributed by atoms with Crippen LogP contribution < -0.4 is 5.73 Å². The van der Waals surface area contributed by atoms with Gasteiger partial charge in [0.2, 0.25) is 0 Å². The molecule has 0 saturated heterocycles. The van der Waals surface area contributed by atoms with Crippen LogP contribution in [0.2, 0.25) is 0 Å². The molecule has 0 radical (unpaired) electrons. The monoisotopic (exact) mass is 271 g/mol. The van der Waals surface area contributed by atoms with Crippen LogP contribution >= 0.6 is 11.3 Å². The zero-order chi connectivity index (χ0) is 13.8. The molecule has 0 aliphatic carbocycles. The fourth-order valence-corrected chi connectivity index (χ4v) is 2.74. The van der Waals surface area contributed by atoms with Crippen LogP contribution in [0.25, 0.3) is 0 Å². The largest absolute Gasteiger partial charge is 0.379 e. The van der Waals surface area contributed by atoms with E-state index < -0.39 is 0 Å². The Kier molecular flexibility index (Phi) is 5.72. The smallest absolute Gasteiger partial charge is 0.0798 e. The van der Waals surface area contributed by atoms with Gasteiger partial charge >= 0.3 is 0 Å². The topological polar surface area (TPSA) is 51.4 Å². The molecule has 1 heterocycles. The molecule has 0 spiro atoms. The van der Waals surface area contributed by atoms with Gasteiger partial charge in [-0.15, -0.1) is 11.3 Å². The molecule has 4 nitrogen and oxygen atoms in total. The molecule has 18 heavy (non-hydrogen) atoms. The number of likely N-dealkylation sites (N-methyl/N-ethyl adjacent to an activating group) is 1. The third-order valence-electron chi connectivity index (χ3n) is 3.41. The molecule has 2 N–H and O–H groups in total. The number of aromatic nitrogens is 1. The lowest BCUT2D eigenvalue weighted by molar-refractivity contribution is -0.00530. The summed E-state index contributed by atoms with van der Waals surface area (Å²) in [4.78, 5) is 7.89. The highest BCUT2D eigenvalue weighted by Gasteiger charge is 2.25. The van der Waals surface area contributed by atoms with E-state index in [1.807, 2.05) is 5.51 Å². The number of methoxy groups -OCH3 is 1. The average Bonchev–Trinajstić information content (AvgIpc) is 2.72. The Labute approximate surface area is 114 Å². The van der Waals surface area contributed by atoms with Crippen LogP contribution in [-0.2, 0) is 11.3 Å². The molecule has 0 aliphatic rings. The van der Waals surface area contributed by atoms with E-state index in [1.54, 1.807) is 18.4 Å². The van der Waals surface area contributed by atoms with E-state index in [1.165, 1.54) is 4.88 Å². The lowest BCUT2D eigenvalue weighted by atomic mass is 9.98. The van der Waals surface area contributed by atoms with Crippen LogP contribution in [0.4, 0.5) is 0 Å². The lowest BCUT2D eigenvalue weighted by Gasteiger charge is -2.33. The number of hydrogen-bond donors (Lipinski definition) is 1. The molecule has 0 fully saturated rings. The van der Waals surface area contributed by atoms with E-state index in [0.29, 0.717) is 12.6 Å². The maximum atomic E-state index is 5.89. The molecule has 0 amide bonds. The van der Waals surface area contributed by atoms with Gasteiger partial charge in [-0.05, 0) is 34.2 Å². The lowest BCUT2D eigenvalue weighted by Crippen LogP contribution is -2.43. The van der Waals surface area contributed by atoms with E-state index >= 15 is 0 Å². The van der Waals surface area contributed by atoms with Crippen molar-refractivity contribution in [1.82, 2.24) is 9.88 Å². The minimum absolute atomic E-state index is 0.138. The third kappa shape index (κ3) is 4.31. The highest BCUT2D eigenvalue weighted by Crippen LogP contribution is 2.21. The van der Waals surface area contributed by atoms with E-state index in [4.69, 9.17) is 10.5 Å². The second-order valence-electron chi connectivity index (χ2n) is 5.33. The van der Waals surface area contributed by atoms with E-state index in [2.05, 4.69) is 37.7 Å². The SMILES string of the molecule is COC(C)(C)CC(CN)N(C)Cc1scnc1C. The summed E-state index contributed by atoms with van der Waals surface area (Å²) in [6, 6.07) is 0.321. The van der Waals surface area contributed by atoms with Gasteiger partial charge in [0.05, 0.1) is 16.8 Å². The minimum atomic E-state index is -0.138. The van der Waals surface area contributed by atoms with Gasteiger partial charge in [0.15, 0.2) is 0 Å². The molecule has 0 aromatic carbocycles. The summed E-state index contributed by atoms with van der Waals surface area (Å²) in [6.45, 7) is 7.79. The highest BCUT2D eigenvalue weighted by atomic mass is 32.1. The predicted octanol–water partition coefficient (Wildman–Crippen LogP) is 2.03. The number of thiazole rings is 1. The predicted molar refractivity (Wildman–Crippen MR) is 76.9 cm³/mol. The van der Waals surface area contributed by atoms with Gasteiger partial charge in [-0.3, -0.25) is 4.90 Å². The van der Waals surface area contributed by atoms with Crippen molar-refractivity contribution >= 4 is 11.3 Å². The van der Waals surface area contributed by atoms with Crippen LogP contribution in [0.3, 0.4) is 0 Å². The van der Waals surface area contributed by atoms with Gasteiger partial charge in [0, 0.05) is 31.1 Å². The summed E-state index contributed by atoms with van der Waals surface area (Å²) in [6.07, 6.45) is 0.925. The molecule has 1 rings (SSSR count). The van der Waals surface area contributed by atoms with Crippen molar-refractivity contribution in [2.75, 3.05) is 20.7 Å². The van der Waals surface area contributed by atoms with Gasteiger partial charge in [-0.1, -0.05) is 0 Å². The number of aryl methyl sites for hydroxylation is 1. The van der Waals surface area contributed by atoms with Crippen molar-refractivity contribution in [3.63, 3.8) is 0 Å². The van der Waals surface area contributed by atoms with Crippen molar-refractivity contribution < 1.29 is 4.74 Å². The minimum Gasteiger partial charge on any atom is -0.379 e. The first-order valence-electron chi connectivity index (χ1n) is 6.24. The van der Waals surface area contributed by atoms with Crippen molar-refractivity contribution in [3.8, 4) is 0 Å². The summed E-state index contributed by atoms with van der Waals surface area (Å²) in [5.41, 5.74) is 8.77. The summed E-state index contributed by atoms with van der Waals surface area (Å²) >= 11 is 1.70. The van der Waals surface area contributed by atoms with Gasteiger partial charge in [0.25, 0.3) is 0 Å². The second-order valence-corrected chi connectivity index (χ2v) is 6.27. The number of nitrogens with two attached hydrogens (primary N) is 1. The fraction of sp³-hybridized carbons (Fsp3) is 0.769. The third-order valence-corrected chi connectivity index (χ3v) is 4.33. The molecular weight excluding hydrogens is 246 g/mol. The first kappa shape index (κ1) is 15.6. The zero-order valence-corrected chi connectivity index (χ0v) is 12.9. The Balaban J connectivity index is 2.63. The number of rotatable bonds is 7. The number of ether oxygens (including phenoxy) is 1. The quantitative estimate of drug-likeness (QED) is 0.824. The van der Waals surface area contributed by atoms with Crippen LogP contribution in [0.5, 0.6) is 0 Å². The molecular formula is C13H25N3OS. The van der Waals surface area contributed by atoms with Crippen molar-refractivity contribution in [2.45, 2.75) is 45.4 Å². The van der Waals surface area contributed by atoms with Crippen molar-refractivity contribution in [2.24, 2.45) is 5.73 Å². The molecule has 1 aromatic heterocycles. The summed E-state index contributed by atoms with van der Waals surface area (Å²) in [5.74, 6) is 0. The first-order chi connectivity index (χ1) is 8.39. The Hall–Kier alpha value is -0.490. The summed E-state index contributed by atoms with van der Waals surface area (Å²) < 4.78 is 5.49. The molecule has 0 bridgehead atoms. The molecule has 104 valence electrons. The Bertz CT molecular complexity index is 365. The van der Waals surface area contributed by atoms with Crippen LogP contribution in [0.1, 0.15) is 30.8 Å². The van der Waals surface area contributed by atoms with Gasteiger partial charge in [0.1, 0.15) is 0 Å². The second kappa shape index (κ2) is 6.61. The number of hydrogen-bond acceptors (Lipinski definition) is 5. The van der Waals surface area contributed by atoms with Gasteiger partial charge in [-0.2, -0.15) is 0 Å². The van der Waals surface area contributed by atoms with Crippen LogP contribution in [0, 0.1) is 6.92 Å². The Morgan fingerprint density at radius 1 is 1.56 bits per heavy atom. The molecule has 1 aromatic rings. The van der Waals surface area contributed by atoms with Gasteiger partial charge < -0.3 is 10.5 Å². The molecule has 1 atom stereocenters. The summed E-state index contributed by atoms with van der Waals surface area (Å²) in [7, 11) is 3.86. The standard InChI is InChI=1S/C13H25N3OS/c1-10-12(18-9-15-10)8-16(4)11(7-14)6-13(2,3)17-5/h9,11H,6-8,14H2,1-5H3. The Morgan fingerprint density at radius 2 is 2.22 bits per heavy atom. The highest BCUT2D eigenvalue weighted by molar-refractivity contribution is 7.09. The number of nitrogens with zero attached hydrogens (tertiary/aromatic N) is 2. The molecule has 5 heteroatoms.